The lowest BCUT2D eigenvalue weighted by Crippen LogP contribution is -1.96. The number of aromatic nitrogens is 1. The second-order valence-electron chi connectivity index (χ2n) is 4.40. The van der Waals surface area contributed by atoms with Gasteiger partial charge in [0, 0.05) is 21.7 Å². The summed E-state index contributed by atoms with van der Waals surface area (Å²) in [5, 5.41) is 11.6. The maximum absolute atomic E-state index is 13.2. The molecule has 0 unspecified atom stereocenters. The lowest BCUT2D eigenvalue weighted by atomic mass is 10.2. The van der Waals surface area contributed by atoms with E-state index in [1.54, 1.807) is 0 Å². The fraction of sp³-hybridized carbons (Fsp3) is 0.333. The van der Waals surface area contributed by atoms with Crippen LogP contribution in [0.2, 0.25) is 0 Å². The summed E-state index contributed by atoms with van der Waals surface area (Å²) in [5.74, 6) is 0.710. The predicted octanol–water partition coefficient (Wildman–Crippen LogP) is 3.50. The fourth-order valence-corrected chi connectivity index (χ4v) is 2.87. The molecule has 0 spiro atoms. The van der Waals surface area contributed by atoms with Gasteiger partial charge < -0.3 is 9.67 Å². The molecule has 0 radical (unpaired) electrons. The maximum Gasteiger partial charge on any atom is 0.200 e. The number of halogens is 2. The van der Waals surface area contributed by atoms with Gasteiger partial charge in [0.1, 0.15) is 5.82 Å². The van der Waals surface area contributed by atoms with E-state index in [9.17, 15) is 9.50 Å². The van der Waals surface area contributed by atoms with Crippen LogP contribution >= 0.6 is 22.6 Å². The molecule has 2 nitrogen and oxygen atoms in total. The monoisotopic (exact) mass is 331 g/mol. The molecule has 1 aliphatic carbocycles. The Bertz CT molecular complexity index is 560. The molecule has 1 aromatic heterocycles. The van der Waals surface area contributed by atoms with Crippen LogP contribution in [0, 0.1) is 15.3 Å². The highest BCUT2D eigenvalue weighted by Crippen LogP contribution is 2.36. The lowest BCUT2D eigenvalue weighted by molar-refractivity contribution is 0.415. The van der Waals surface area contributed by atoms with Gasteiger partial charge in [0.05, 0.1) is 5.39 Å². The van der Waals surface area contributed by atoms with Crippen molar-refractivity contribution in [1.29, 1.82) is 0 Å². The smallest absolute Gasteiger partial charge is 0.200 e. The molecular formula is C12H11FINO. The number of benzene rings is 1. The first-order valence-corrected chi connectivity index (χ1v) is 6.40. The number of nitrogens with zero attached hydrogens (tertiary/aromatic N) is 1. The molecular weight excluding hydrogens is 320 g/mol. The van der Waals surface area contributed by atoms with Gasteiger partial charge >= 0.3 is 0 Å². The quantitative estimate of drug-likeness (QED) is 0.837. The highest BCUT2D eigenvalue weighted by atomic mass is 127. The molecule has 0 bridgehead atoms. The Hall–Kier alpha value is -0.780. The van der Waals surface area contributed by atoms with Crippen LogP contribution in [0.25, 0.3) is 10.8 Å². The Balaban J connectivity index is 2.16. The Kier molecular flexibility index (Phi) is 2.34. The summed E-state index contributed by atoms with van der Waals surface area (Å²) in [4.78, 5) is 0. The van der Waals surface area contributed by atoms with Crippen LogP contribution in [0.1, 0.15) is 12.8 Å². The van der Waals surface area contributed by atoms with Gasteiger partial charge in [0.2, 0.25) is 0 Å². The van der Waals surface area contributed by atoms with Gasteiger partial charge in [-0.1, -0.05) is 0 Å². The molecule has 2 aromatic rings. The molecule has 0 amide bonds. The number of fused-ring (bicyclic) bond motifs is 1. The van der Waals surface area contributed by atoms with E-state index in [-0.39, 0.29) is 11.7 Å². The third-order valence-electron chi connectivity index (χ3n) is 3.03. The summed E-state index contributed by atoms with van der Waals surface area (Å²) < 4.78 is 15.8. The van der Waals surface area contributed by atoms with E-state index in [4.69, 9.17) is 0 Å². The van der Waals surface area contributed by atoms with Crippen molar-refractivity contribution >= 4 is 33.4 Å². The van der Waals surface area contributed by atoms with Crippen molar-refractivity contribution in [2.45, 2.75) is 19.4 Å². The highest BCUT2D eigenvalue weighted by molar-refractivity contribution is 14.1. The third-order valence-corrected chi connectivity index (χ3v) is 3.88. The average molecular weight is 331 g/mol. The molecule has 0 saturated heterocycles. The number of rotatable bonds is 2. The van der Waals surface area contributed by atoms with Crippen molar-refractivity contribution in [3.05, 3.63) is 27.7 Å². The van der Waals surface area contributed by atoms with Crippen molar-refractivity contribution in [2.75, 3.05) is 0 Å². The molecule has 1 fully saturated rings. The van der Waals surface area contributed by atoms with E-state index >= 15 is 0 Å². The van der Waals surface area contributed by atoms with Crippen molar-refractivity contribution < 1.29 is 9.50 Å². The summed E-state index contributed by atoms with van der Waals surface area (Å²) in [6, 6.07) is 2.92. The minimum Gasteiger partial charge on any atom is -0.494 e. The van der Waals surface area contributed by atoms with Gasteiger partial charge in [-0.05, 0) is 53.5 Å². The number of hydrogen-bond donors (Lipinski definition) is 1. The first kappa shape index (κ1) is 10.4. The molecule has 3 rings (SSSR count). The molecule has 1 heterocycles. The minimum absolute atomic E-state index is 0.250. The molecule has 1 N–H and O–H groups in total. The van der Waals surface area contributed by atoms with Crippen molar-refractivity contribution in [2.24, 2.45) is 5.92 Å². The van der Waals surface area contributed by atoms with Crippen LogP contribution in [-0.2, 0) is 6.54 Å². The number of hydrogen-bond acceptors (Lipinski definition) is 1. The van der Waals surface area contributed by atoms with Gasteiger partial charge in [-0.15, -0.1) is 0 Å². The molecule has 0 atom stereocenters. The van der Waals surface area contributed by atoms with Crippen molar-refractivity contribution in [3.63, 3.8) is 0 Å². The van der Waals surface area contributed by atoms with Gasteiger partial charge in [0.25, 0.3) is 0 Å². The second kappa shape index (κ2) is 3.61. The van der Waals surface area contributed by atoms with Crippen LogP contribution in [0.3, 0.4) is 0 Å². The zero-order chi connectivity index (χ0) is 11.3. The van der Waals surface area contributed by atoms with E-state index in [1.165, 1.54) is 25.0 Å². The third kappa shape index (κ3) is 1.69. The van der Waals surface area contributed by atoms with Crippen molar-refractivity contribution in [3.8, 4) is 5.88 Å². The summed E-state index contributed by atoms with van der Waals surface area (Å²) in [6.45, 7) is 0.845. The van der Waals surface area contributed by atoms with E-state index in [1.807, 2.05) is 10.8 Å². The Morgan fingerprint density at radius 3 is 2.88 bits per heavy atom. The van der Waals surface area contributed by atoms with Crippen LogP contribution in [0.4, 0.5) is 4.39 Å². The van der Waals surface area contributed by atoms with E-state index < -0.39 is 0 Å². The first-order valence-electron chi connectivity index (χ1n) is 5.32. The van der Waals surface area contributed by atoms with E-state index in [0.717, 1.165) is 20.9 Å². The van der Waals surface area contributed by atoms with Crippen molar-refractivity contribution in [1.82, 2.24) is 4.57 Å². The van der Waals surface area contributed by atoms with E-state index in [0.29, 0.717) is 5.92 Å². The molecule has 1 aromatic carbocycles. The standard InChI is InChI=1S/C12H11FINO/c13-9-3-8-6-15(5-7-1-2-7)12(16)11(8)10(14)4-9/h3-4,6-7,16H,1-2,5H2. The Morgan fingerprint density at radius 1 is 1.44 bits per heavy atom. The second-order valence-corrected chi connectivity index (χ2v) is 5.56. The Labute approximate surface area is 106 Å². The molecule has 1 saturated carbocycles. The van der Waals surface area contributed by atoms with Crippen LogP contribution < -0.4 is 0 Å². The Morgan fingerprint density at radius 2 is 2.19 bits per heavy atom. The maximum atomic E-state index is 13.2. The number of aromatic hydroxyl groups is 1. The summed E-state index contributed by atoms with van der Waals surface area (Å²) in [5.41, 5.74) is 0. The van der Waals surface area contributed by atoms with Gasteiger partial charge in [-0.2, -0.15) is 0 Å². The molecule has 84 valence electrons. The van der Waals surface area contributed by atoms with Gasteiger partial charge in [-0.3, -0.25) is 0 Å². The molecule has 16 heavy (non-hydrogen) atoms. The van der Waals surface area contributed by atoms with Gasteiger partial charge in [-0.25, -0.2) is 4.39 Å². The zero-order valence-corrected chi connectivity index (χ0v) is 10.7. The normalized spacial score (nSPS) is 15.9. The lowest BCUT2D eigenvalue weighted by Gasteiger charge is -2.02. The molecule has 1 aliphatic rings. The van der Waals surface area contributed by atoms with Crippen LogP contribution in [-0.4, -0.2) is 9.67 Å². The summed E-state index contributed by atoms with van der Waals surface area (Å²) >= 11 is 2.06. The summed E-state index contributed by atoms with van der Waals surface area (Å²) in [6.07, 6.45) is 4.31. The predicted molar refractivity (Wildman–Crippen MR) is 69.0 cm³/mol. The average Bonchev–Trinajstić information content (AvgIpc) is 2.93. The molecule has 4 heteroatoms. The summed E-state index contributed by atoms with van der Waals surface area (Å²) in [7, 11) is 0. The van der Waals surface area contributed by atoms with E-state index in [2.05, 4.69) is 22.6 Å². The molecule has 0 aliphatic heterocycles. The van der Waals surface area contributed by atoms with Crippen LogP contribution in [0.15, 0.2) is 18.3 Å². The SMILES string of the molecule is Oc1c2c(I)cc(F)cc2cn1CC1CC1. The topological polar surface area (TPSA) is 25.2 Å². The minimum atomic E-state index is -0.250. The first-order chi connectivity index (χ1) is 7.65. The zero-order valence-electron chi connectivity index (χ0n) is 8.58. The largest absolute Gasteiger partial charge is 0.494 e. The fourth-order valence-electron chi connectivity index (χ4n) is 2.02. The van der Waals surface area contributed by atoms with Gasteiger partial charge in [0.15, 0.2) is 5.88 Å². The highest BCUT2D eigenvalue weighted by Gasteiger charge is 2.23. The van der Waals surface area contributed by atoms with Crippen LogP contribution in [0.5, 0.6) is 5.88 Å².